The van der Waals surface area contributed by atoms with E-state index < -0.39 is 27.4 Å². The molecule has 0 saturated heterocycles. The summed E-state index contributed by atoms with van der Waals surface area (Å²) >= 11 is 0. The third-order valence-corrected chi connectivity index (χ3v) is 8.37. The topological polar surface area (TPSA) is 126 Å². The van der Waals surface area contributed by atoms with E-state index in [9.17, 15) is 24.5 Å². The third-order valence-electron chi connectivity index (χ3n) is 8.37. The molecule has 42 heavy (non-hydrogen) atoms. The molecule has 6 rings (SSSR count). The Morgan fingerprint density at radius 1 is 0.738 bits per heavy atom. The molecule has 3 aromatic carbocycles. The Morgan fingerprint density at radius 3 is 1.62 bits per heavy atom. The van der Waals surface area contributed by atoms with Crippen LogP contribution in [0.3, 0.4) is 0 Å². The number of non-ortho nitro benzene ring substituents is 1. The molecule has 11 heteroatoms. The molecule has 5 aromatic rings. The molecular weight excluding hydrogens is 536 g/mol. The number of aromatic nitrogens is 4. The van der Waals surface area contributed by atoms with Crippen LogP contribution in [0.5, 0.6) is 0 Å². The molecule has 0 saturated carbocycles. The van der Waals surface area contributed by atoms with Gasteiger partial charge in [-0.1, -0.05) is 36.4 Å². The fourth-order valence-corrected chi connectivity index (χ4v) is 6.29. The summed E-state index contributed by atoms with van der Waals surface area (Å²) in [6, 6.07) is 20.6. The molecule has 1 N–H and O–H groups in total. The zero-order chi connectivity index (χ0) is 30.1. The highest BCUT2D eigenvalue weighted by Gasteiger charge is 2.57. The number of amides is 1. The molecule has 0 fully saturated rings. The van der Waals surface area contributed by atoms with E-state index in [1.807, 2.05) is 12.1 Å². The number of carbonyl (C=O) groups excluding carboxylic acids is 1. The zero-order valence-electron chi connectivity index (χ0n) is 23.7. The number of fused-ring (bicyclic) bond motifs is 1. The molecule has 3 heterocycles. The smallest absolute Gasteiger partial charge is 0.276 e. The van der Waals surface area contributed by atoms with E-state index >= 15 is 0 Å². The first-order chi connectivity index (χ1) is 20.0. The minimum Gasteiger partial charge on any atom is -0.324 e. The van der Waals surface area contributed by atoms with Crippen LogP contribution in [0.1, 0.15) is 33.6 Å². The van der Waals surface area contributed by atoms with Crippen molar-refractivity contribution in [2.45, 2.75) is 26.2 Å². The maximum Gasteiger partial charge on any atom is 0.276 e. The Balaban J connectivity index is 1.83. The average molecular weight is 565 g/mol. The van der Waals surface area contributed by atoms with Crippen molar-refractivity contribution in [3.8, 4) is 11.4 Å². The lowest BCUT2D eigenvalue weighted by atomic mass is 9.69. The average Bonchev–Trinajstić information content (AvgIpc) is 3.48. The summed E-state index contributed by atoms with van der Waals surface area (Å²) in [6.45, 7) is 5.07. The van der Waals surface area contributed by atoms with E-state index in [2.05, 4.69) is 5.32 Å². The van der Waals surface area contributed by atoms with Crippen LogP contribution in [-0.4, -0.2) is 29.6 Å². The van der Waals surface area contributed by atoms with Gasteiger partial charge >= 0.3 is 0 Å². The first-order valence-corrected chi connectivity index (χ1v) is 13.3. The SMILES string of the molecule is Cc1cc([N+](=O)[O-])cc2c1NC(=O)C2(c1c(C)n(C)n(-c2ccccc2)c1=O)c1c(C)n(C)n(-c2ccccc2)c1=O. The van der Waals surface area contributed by atoms with Gasteiger partial charge in [0.25, 0.3) is 16.8 Å². The highest BCUT2D eigenvalue weighted by molar-refractivity contribution is 6.12. The third kappa shape index (κ3) is 3.43. The number of carbonyl (C=O) groups is 1. The number of para-hydroxylation sites is 2. The molecule has 0 aliphatic carbocycles. The van der Waals surface area contributed by atoms with Crippen LogP contribution in [0, 0.1) is 30.9 Å². The lowest BCUT2D eigenvalue weighted by Gasteiger charge is -2.26. The van der Waals surface area contributed by atoms with Gasteiger partial charge in [0.05, 0.1) is 27.4 Å². The van der Waals surface area contributed by atoms with Gasteiger partial charge in [-0.3, -0.25) is 33.9 Å². The fourth-order valence-electron chi connectivity index (χ4n) is 6.29. The molecule has 0 bridgehead atoms. The van der Waals surface area contributed by atoms with Crippen molar-refractivity contribution in [1.29, 1.82) is 0 Å². The summed E-state index contributed by atoms with van der Waals surface area (Å²) in [5.74, 6) is -0.627. The number of nitro groups is 1. The number of nitrogens with one attached hydrogen (secondary N) is 1. The van der Waals surface area contributed by atoms with E-state index in [0.717, 1.165) is 0 Å². The number of aryl methyl sites for hydroxylation is 1. The second kappa shape index (κ2) is 9.30. The molecule has 1 aliphatic heterocycles. The molecular formula is C31H28N6O5. The van der Waals surface area contributed by atoms with Gasteiger partial charge in [-0.05, 0) is 50.6 Å². The number of hydrogen-bond acceptors (Lipinski definition) is 5. The van der Waals surface area contributed by atoms with E-state index in [-0.39, 0.29) is 22.4 Å². The number of benzene rings is 3. The van der Waals surface area contributed by atoms with Crippen molar-refractivity contribution in [2.75, 3.05) is 5.32 Å². The molecule has 2 aromatic heterocycles. The highest BCUT2D eigenvalue weighted by Crippen LogP contribution is 2.50. The molecule has 0 atom stereocenters. The van der Waals surface area contributed by atoms with Crippen LogP contribution in [-0.2, 0) is 24.3 Å². The Hall–Kier alpha value is -5.45. The van der Waals surface area contributed by atoms with E-state index in [1.165, 1.54) is 21.5 Å². The Kier molecular flexibility index (Phi) is 5.92. The number of anilines is 1. The first kappa shape index (κ1) is 26.8. The normalized spacial score (nSPS) is 13.7. The summed E-state index contributed by atoms with van der Waals surface area (Å²) in [5, 5.41) is 14.9. The summed E-state index contributed by atoms with van der Waals surface area (Å²) in [7, 11) is 3.40. The zero-order valence-corrected chi connectivity index (χ0v) is 23.7. The lowest BCUT2D eigenvalue weighted by Crippen LogP contribution is -2.45. The number of hydrogen-bond donors (Lipinski definition) is 1. The van der Waals surface area contributed by atoms with Crippen molar-refractivity contribution in [3.63, 3.8) is 0 Å². The van der Waals surface area contributed by atoms with E-state index in [4.69, 9.17) is 0 Å². The minimum atomic E-state index is -1.98. The lowest BCUT2D eigenvalue weighted by molar-refractivity contribution is -0.385. The van der Waals surface area contributed by atoms with Gasteiger partial charge in [-0.15, -0.1) is 0 Å². The summed E-state index contributed by atoms with van der Waals surface area (Å²) < 4.78 is 6.16. The van der Waals surface area contributed by atoms with Gasteiger partial charge in [0.15, 0.2) is 0 Å². The van der Waals surface area contributed by atoms with Crippen LogP contribution in [0.25, 0.3) is 11.4 Å². The minimum absolute atomic E-state index is 0.0519. The van der Waals surface area contributed by atoms with Gasteiger partial charge in [0, 0.05) is 48.9 Å². The standard InChI is InChI=1S/C31H28N6O5/c1-18-16-23(37(41)42)17-24-27(18)32-30(40)31(24,25-19(2)33(4)35(28(25)38)21-12-8-6-9-13-21)26-20(3)34(5)36(29(26)39)22-14-10-7-11-15-22/h6-17H,1-5H3,(H,32,40). The molecule has 11 nitrogen and oxygen atoms in total. The molecule has 212 valence electrons. The molecule has 0 radical (unpaired) electrons. The summed E-state index contributed by atoms with van der Waals surface area (Å²) in [4.78, 5) is 55.1. The van der Waals surface area contributed by atoms with E-state index in [0.29, 0.717) is 34.0 Å². The second-order valence-electron chi connectivity index (χ2n) is 10.5. The first-order valence-electron chi connectivity index (χ1n) is 13.3. The van der Waals surface area contributed by atoms with Crippen molar-refractivity contribution >= 4 is 17.3 Å². The second-order valence-corrected chi connectivity index (χ2v) is 10.5. The molecule has 1 aliphatic rings. The number of nitrogens with zero attached hydrogens (tertiary/aromatic N) is 5. The largest absolute Gasteiger partial charge is 0.324 e. The maximum absolute atomic E-state index is 14.5. The van der Waals surface area contributed by atoms with Gasteiger partial charge in [0.2, 0.25) is 5.91 Å². The van der Waals surface area contributed by atoms with Crippen LogP contribution in [0.4, 0.5) is 11.4 Å². The number of nitro benzene ring substituents is 1. The van der Waals surface area contributed by atoms with Gasteiger partial charge < -0.3 is 5.32 Å². The van der Waals surface area contributed by atoms with Crippen molar-refractivity contribution in [1.82, 2.24) is 18.7 Å². The van der Waals surface area contributed by atoms with Gasteiger partial charge in [0.1, 0.15) is 5.41 Å². The van der Waals surface area contributed by atoms with Crippen molar-refractivity contribution < 1.29 is 9.72 Å². The van der Waals surface area contributed by atoms with E-state index in [1.54, 1.807) is 92.8 Å². The van der Waals surface area contributed by atoms with Crippen LogP contribution in [0.15, 0.2) is 82.4 Å². The van der Waals surface area contributed by atoms with Crippen LogP contribution >= 0.6 is 0 Å². The van der Waals surface area contributed by atoms with Crippen molar-refractivity contribution in [2.24, 2.45) is 14.1 Å². The summed E-state index contributed by atoms with van der Waals surface area (Å²) in [6.07, 6.45) is 0. The van der Waals surface area contributed by atoms with Crippen LogP contribution < -0.4 is 16.4 Å². The summed E-state index contributed by atoms with van der Waals surface area (Å²) in [5.41, 5.74) is -0.172. The highest BCUT2D eigenvalue weighted by atomic mass is 16.6. The maximum atomic E-state index is 14.5. The molecule has 1 amide bonds. The monoisotopic (exact) mass is 564 g/mol. The quantitative estimate of drug-likeness (QED) is 0.257. The fraction of sp³-hybridized carbons (Fsp3) is 0.194. The number of rotatable bonds is 5. The van der Waals surface area contributed by atoms with Gasteiger partial charge in [-0.25, -0.2) is 9.36 Å². The van der Waals surface area contributed by atoms with Crippen LogP contribution in [0.2, 0.25) is 0 Å². The Bertz CT molecular complexity index is 1940. The molecule has 0 spiro atoms. The van der Waals surface area contributed by atoms with Gasteiger partial charge in [-0.2, -0.15) is 0 Å². The van der Waals surface area contributed by atoms with Crippen molar-refractivity contribution in [3.05, 3.63) is 137 Å². The predicted molar refractivity (Wildman–Crippen MR) is 158 cm³/mol. The Labute approximate surface area is 240 Å². The Morgan fingerprint density at radius 2 is 1.19 bits per heavy atom. The molecule has 0 unspecified atom stereocenters. The predicted octanol–water partition coefficient (Wildman–Crippen LogP) is 3.79.